The van der Waals surface area contributed by atoms with E-state index < -0.39 is 0 Å². The maximum atomic E-state index is 12.1. The van der Waals surface area contributed by atoms with Crippen molar-refractivity contribution in [3.8, 4) is 5.75 Å². The third kappa shape index (κ3) is 3.85. The third-order valence-corrected chi connectivity index (χ3v) is 3.23. The number of carbonyl (C=O) groups excluding carboxylic acids is 1. The fraction of sp³-hybridized carbons (Fsp3) is 0.375. The fourth-order valence-electron chi connectivity index (χ4n) is 2.06. The number of carbonyl (C=O) groups is 1. The number of hydrogen-bond donors (Lipinski definition) is 1. The summed E-state index contributed by atoms with van der Waals surface area (Å²) >= 11 is 0. The second kappa shape index (κ2) is 7.09. The SMILES string of the molecule is COc1ccc2oc(C(=O)NCCCN(C)C)cc(=O)c2c1. The van der Waals surface area contributed by atoms with Gasteiger partial charge in [0, 0.05) is 12.6 Å². The van der Waals surface area contributed by atoms with Crippen LogP contribution < -0.4 is 15.5 Å². The van der Waals surface area contributed by atoms with Gasteiger partial charge in [0.05, 0.1) is 12.5 Å². The lowest BCUT2D eigenvalue weighted by atomic mass is 10.2. The number of rotatable bonds is 6. The summed E-state index contributed by atoms with van der Waals surface area (Å²) in [7, 11) is 5.47. The second-order valence-corrected chi connectivity index (χ2v) is 5.25. The standard InChI is InChI=1S/C16H20N2O4/c1-18(2)8-4-7-17-16(20)15-10-13(19)12-9-11(21-3)5-6-14(12)22-15/h5-6,9-10H,4,7-8H2,1-3H3,(H,17,20). The van der Waals surface area contributed by atoms with Gasteiger partial charge in [-0.2, -0.15) is 0 Å². The number of ether oxygens (including phenoxy) is 1. The van der Waals surface area contributed by atoms with Gasteiger partial charge >= 0.3 is 0 Å². The smallest absolute Gasteiger partial charge is 0.287 e. The Morgan fingerprint density at radius 3 is 2.77 bits per heavy atom. The Labute approximate surface area is 128 Å². The van der Waals surface area contributed by atoms with Gasteiger partial charge in [0.2, 0.25) is 0 Å². The van der Waals surface area contributed by atoms with Crippen LogP contribution in [-0.4, -0.2) is 45.1 Å². The highest BCUT2D eigenvalue weighted by Gasteiger charge is 2.12. The van der Waals surface area contributed by atoms with Crippen molar-refractivity contribution in [3.63, 3.8) is 0 Å². The molecule has 0 unspecified atom stereocenters. The van der Waals surface area contributed by atoms with E-state index in [1.54, 1.807) is 18.2 Å². The first-order valence-electron chi connectivity index (χ1n) is 7.06. The Balaban J connectivity index is 2.15. The highest BCUT2D eigenvalue weighted by molar-refractivity contribution is 5.93. The van der Waals surface area contributed by atoms with Gasteiger partial charge in [0.15, 0.2) is 11.2 Å². The summed E-state index contributed by atoms with van der Waals surface area (Å²) in [5, 5.41) is 3.14. The Hall–Kier alpha value is -2.34. The fourth-order valence-corrected chi connectivity index (χ4v) is 2.06. The first kappa shape index (κ1) is 16.0. The highest BCUT2D eigenvalue weighted by atomic mass is 16.5. The van der Waals surface area contributed by atoms with Gasteiger partial charge in [-0.25, -0.2) is 0 Å². The van der Waals surface area contributed by atoms with Crippen molar-refractivity contribution >= 4 is 16.9 Å². The number of amides is 1. The minimum Gasteiger partial charge on any atom is -0.497 e. The van der Waals surface area contributed by atoms with Gasteiger partial charge < -0.3 is 19.4 Å². The van der Waals surface area contributed by atoms with E-state index in [1.165, 1.54) is 13.2 Å². The lowest BCUT2D eigenvalue weighted by molar-refractivity contribution is 0.0925. The van der Waals surface area contributed by atoms with Crippen molar-refractivity contribution in [3.05, 3.63) is 40.2 Å². The first-order chi connectivity index (χ1) is 10.5. The van der Waals surface area contributed by atoms with E-state index in [9.17, 15) is 9.59 Å². The molecule has 2 rings (SSSR count). The summed E-state index contributed by atoms with van der Waals surface area (Å²) in [6, 6.07) is 6.12. The molecule has 6 nitrogen and oxygen atoms in total. The number of benzene rings is 1. The highest BCUT2D eigenvalue weighted by Crippen LogP contribution is 2.18. The molecule has 6 heteroatoms. The van der Waals surface area contributed by atoms with E-state index in [1.807, 2.05) is 19.0 Å². The van der Waals surface area contributed by atoms with Gasteiger partial charge in [-0.05, 0) is 45.3 Å². The molecule has 0 radical (unpaired) electrons. The molecule has 2 aromatic rings. The van der Waals surface area contributed by atoms with Crippen LogP contribution >= 0.6 is 0 Å². The molecule has 0 aliphatic rings. The zero-order chi connectivity index (χ0) is 16.1. The van der Waals surface area contributed by atoms with Gasteiger partial charge in [0.25, 0.3) is 5.91 Å². The molecule has 0 aliphatic heterocycles. The summed E-state index contributed by atoms with van der Waals surface area (Å²) in [5.41, 5.74) is 0.102. The van der Waals surface area contributed by atoms with Gasteiger partial charge in [-0.15, -0.1) is 0 Å². The Bertz CT molecular complexity index is 722. The van der Waals surface area contributed by atoms with Crippen LogP contribution in [0.5, 0.6) is 5.75 Å². The van der Waals surface area contributed by atoms with Crippen LogP contribution in [0.2, 0.25) is 0 Å². The van der Waals surface area contributed by atoms with E-state index in [0.717, 1.165) is 13.0 Å². The van der Waals surface area contributed by atoms with Crippen molar-refractivity contribution < 1.29 is 13.9 Å². The van der Waals surface area contributed by atoms with Crippen LogP contribution in [0.15, 0.2) is 33.5 Å². The van der Waals surface area contributed by atoms with Crippen molar-refractivity contribution in [1.29, 1.82) is 0 Å². The van der Waals surface area contributed by atoms with E-state index in [2.05, 4.69) is 5.32 Å². The van der Waals surface area contributed by atoms with Crippen LogP contribution in [0, 0.1) is 0 Å². The van der Waals surface area contributed by atoms with E-state index in [4.69, 9.17) is 9.15 Å². The molecule has 1 N–H and O–H groups in total. The lowest BCUT2D eigenvalue weighted by Crippen LogP contribution is -2.27. The Morgan fingerprint density at radius 1 is 1.32 bits per heavy atom. The number of nitrogens with zero attached hydrogens (tertiary/aromatic N) is 1. The topological polar surface area (TPSA) is 71.8 Å². The molecule has 0 atom stereocenters. The van der Waals surface area contributed by atoms with Crippen molar-refractivity contribution in [2.45, 2.75) is 6.42 Å². The molecular formula is C16H20N2O4. The molecule has 0 bridgehead atoms. The van der Waals surface area contributed by atoms with Crippen LogP contribution in [0.3, 0.4) is 0 Å². The molecule has 0 saturated heterocycles. The predicted octanol–water partition coefficient (Wildman–Crippen LogP) is 1.48. The molecule has 22 heavy (non-hydrogen) atoms. The average molecular weight is 304 g/mol. The summed E-state index contributed by atoms with van der Waals surface area (Å²) in [6.45, 7) is 1.41. The number of fused-ring (bicyclic) bond motifs is 1. The number of methoxy groups -OCH3 is 1. The van der Waals surface area contributed by atoms with Crippen LogP contribution in [0.1, 0.15) is 17.0 Å². The molecule has 118 valence electrons. The van der Waals surface area contributed by atoms with Crippen LogP contribution in [0.4, 0.5) is 0 Å². The summed E-state index contributed by atoms with van der Waals surface area (Å²) in [5.74, 6) is 0.210. The van der Waals surface area contributed by atoms with Gasteiger partial charge in [-0.3, -0.25) is 9.59 Å². The summed E-state index contributed by atoms with van der Waals surface area (Å²) in [6.07, 6.45) is 0.827. The van der Waals surface area contributed by atoms with E-state index in [-0.39, 0.29) is 17.1 Å². The molecule has 1 heterocycles. The maximum Gasteiger partial charge on any atom is 0.287 e. The Kier molecular flexibility index (Phi) is 5.16. The molecule has 0 fully saturated rings. The Morgan fingerprint density at radius 2 is 2.09 bits per heavy atom. The largest absolute Gasteiger partial charge is 0.497 e. The first-order valence-corrected chi connectivity index (χ1v) is 7.06. The average Bonchev–Trinajstić information content (AvgIpc) is 2.50. The van der Waals surface area contributed by atoms with E-state index >= 15 is 0 Å². The van der Waals surface area contributed by atoms with Crippen molar-refractivity contribution in [2.24, 2.45) is 0 Å². The van der Waals surface area contributed by atoms with Crippen LogP contribution in [-0.2, 0) is 0 Å². The molecule has 0 spiro atoms. The quantitative estimate of drug-likeness (QED) is 0.819. The zero-order valence-electron chi connectivity index (χ0n) is 13.0. The minimum absolute atomic E-state index is 0.0209. The molecular weight excluding hydrogens is 284 g/mol. The van der Waals surface area contributed by atoms with Gasteiger partial charge in [-0.1, -0.05) is 0 Å². The second-order valence-electron chi connectivity index (χ2n) is 5.25. The maximum absolute atomic E-state index is 12.1. The minimum atomic E-state index is -0.381. The molecule has 1 aromatic heterocycles. The van der Waals surface area contributed by atoms with Crippen molar-refractivity contribution in [1.82, 2.24) is 10.2 Å². The van der Waals surface area contributed by atoms with Crippen LogP contribution in [0.25, 0.3) is 11.0 Å². The summed E-state index contributed by atoms with van der Waals surface area (Å²) in [4.78, 5) is 26.2. The van der Waals surface area contributed by atoms with Gasteiger partial charge in [0.1, 0.15) is 11.3 Å². The molecule has 1 aromatic carbocycles. The zero-order valence-corrected chi connectivity index (χ0v) is 13.0. The number of hydrogen-bond acceptors (Lipinski definition) is 5. The molecule has 0 aliphatic carbocycles. The molecule has 0 saturated carbocycles. The normalized spacial score (nSPS) is 10.9. The summed E-state index contributed by atoms with van der Waals surface area (Å²) < 4.78 is 10.6. The third-order valence-electron chi connectivity index (χ3n) is 3.23. The predicted molar refractivity (Wildman–Crippen MR) is 84.5 cm³/mol. The van der Waals surface area contributed by atoms with E-state index in [0.29, 0.717) is 23.3 Å². The lowest BCUT2D eigenvalue weighted by Gasteiger charge is -2.09. The monoisotopic (exact) mass is 304 g/mol. The number of nitrogens with one attached hydrogen (secondary N) is 1. The van der Waals surface area contributed by atoms with Crippen molar-refractivity contribution in [2.75, 3.05) is 34.3 Å². The molecule has 1 amide bonds.